The Morgan fingerprint density at radius 1 is 1.19 bits per heavy atom. The van der Waals surface area contributed by atoms with E-state index < -0.39 is 11.5 Å². The van der Waals surface area contributed by atoms with Crippen LogP contribution in [0.3, 0.4) is 0 Å². The van der Waals surface area contributed by atoms with Crippen molar-refractivity contribution in [3.63, 3.8) is 0 Å². The van der Waals surface area contributed by atoms with Crippen LogP contribution in [-0.2, 0) is 9.59 Å². The lowest BCUT2D eigenvalue weighted by molar-refractivity contribution is -0.127. The molecular formula is C13H20O3. The Balaban J connectivity index is 2.93. The lowest BCUT2D eigenvalue weighted by Crippen LogP contribution is -2.36. The van der Waals surface area contributed by atoms with Crippen LogP contribution in [0.2, 0.25) is 0 Å². The van der Waals surface area contributed by atoms with Crippen LogP contribution in [0.1, 0.15) is 40.5 Å². The Kier molecular flexibility index (Phi) is 3.38. The van der Waals surface area contributed by atoms with Crippen molar-refractivity contribution in [3.8, 4) is 0 Å². The van der Waals surface area contributed by atoms with Crippen LogP contribution in [0.4, 0.5) is 0 Å². The van der Waals surface area contributed by atoms with Crippen LogP contribution < -0.4 is 0 Å². The highest BCUT2D eigenvalue weighted by atomic mass is 16.3. The summed E-state index contributed by atoms with van der Waals surface area (Å²) in [7, 11) is 0. The molecule has 1 aliphatic rings. The molecule has 0 saturated heterocycles. The van der Waals surface area contributed by atoms with Crippen molar-refractivity contribution in [2.75, 3.05) is 0 Å². The first-order valence-electron chi connectivity index (χ1n) is 5.60. The number of carbonyl (C=O) groups is 2. The van der Waals surface area contributed by atoms with Crippen LogP contribution in [-0.4, -0.2) is 22.8 Å². The quantitative estimate of drug-likeness (QED) is 0.745. The Morgan fingerprint density at radius 2 is 1.75 bits per heavy atom. The molecule has 1 N–H and O–H groups in total. The van der Waals surface area contributed by atoms with Gasteiger partial charge in [0.2, 0.25) is 0 Å². The fourth-order valence-electron chi connectivity index (χ4n) is 2.45. The van der Waals surface area contributed by atoms with Crippen molar-refractivity contribution >= 4 is 11.6 Å². The zero-order valence-electron chi connectivity index (χ0n) is 10.4. The SMILES string of the molecule is CC(=O)/C=C/C(=O)[C@]1(C)C[C@@H](O)CC1(C)C. The number of ketones is 2. The third-order valence-electron chi connectivity index (χ3n) is 3.90. The predicted molar refractivity (Wildman–Crippen MR) is 62.0 cm³/mol. The minimum absolute atomic E-state index is 0.0655. The summed E-state index contributed by atoms with van der Waals surface area (Å²) >= 11 is 0. The summed E-state index contributed by atoms with van der Waals surface area (Å²) in [6.07, 6.45) is 3.33. The third-order valence-corrected chi connectivity index (χ3v) is 3.90. The maximum Gasteiger partial charge on any atom is 0.162 e. The molecule has 1 fully saturated rings. The summed E-state index contributed by atoms with van der Waals surface area (Å²) < 4.78 is 0. The van der Waals surface area contributed by atoms with Gasteiger partial charge in [0.15, 0.2) is 11.6 Å². The molecule has 1 saturated carbocycles. The van der Waals surface area contributed by atoms with Crippen molar-refractivity contribution in [2.24, 2.45) is 10.8 Å². The van der Waals surface area contributed by atoms with Gasteiger partial charge < -0.3 is 5.11 Å². The van der Waals surface area contributed by atoms with Gasteiger partial charge in [0.05, 0.1) is 6.10 Å². The van der Waals surface area contributed by atoms with Gasteiger partial charge in [-0.15, -0.1) is 0 Å². The molecule has 0 aromatic rings. The zero-order chi connectivity index (χ0) is 12.6. The van der Waals surface area contributed by atoms with Crippen molar-refractivity contribution in [1.82, 2.24) is 0 Å². The summed E-state index contributed by atoms with van der Waals surface area (Å²) in [6, 6.07) is 0. The first kappa shape index (κ1) is 13.1. The fraction of sp³-hybridized carbons (Fsp3) is 0.692. The molecule has 1 aliphatic carbocycles. The van der Waals surface area contributed by atoms with Gasteiger partial charge in [-0.1, -0.05) is 20.8 Å². The second-order valence-electron chi connectivity index (χ2n) is 5.59. The van der Waals surface area contributed by atoms with E-state index in [9.17, 15) is 14.7 Å². The van der Waals surface area contributed by atoms with Crippen LogP contribution in [0, 0.1) is 10.8 Å². The van der Waals surface area contributed by atoms with Crippen molar-refractivity contribution in [2.45, 2.75) is 46.6 Å². The van der Waals surface area contributed by atoms with E-state index in [1.807, 2.05) is 20.8 Å². The highest BCUT2D eigenvalue weighted by molar-refractivity contribution is 6.01. The number of aliphatic hydroxyl groups excluding tert-OH is 1. The minimum atomic E-state index is -0.571. The molecule has 0 radical (unpaired) electrons. The van der Waals surface area contributed by atoms with Crippen molar-refractivity contribution in [1.29, 1.82) is 0 Å². The number of hydrogen-bond acceptors (Lipinski definition) is 3. The van der Waals surface area contributed by atoms with Gasteiger partial charge in [0, 0.05) is 5.41 Å². The van der Waals surface area contributed by atoms with E-state index in [0.717, 1.165) is 0 Å². The average Bonchev–Trinajstić information content (AvgIpc) is 2.32. The van der Waals surface area contributed by atoms with Crippen LogP contribution >= 0.6 is 0 Å². The van der Waals surface area contributed by atoms with E-state index in [2.05, 4.69) is 0 Å². The first-order valence-corrected chi connectivity index (χ1v) is 5.60. The standard InChI is InChI=1S/C13H20O3/c1-9(14)5-6-11(16)13(4)8-10(15)7-12(13,2)3/h5-6,10,15H,7-8H2,1-4H3/b6-5+/t10-,13-/m0/s1. The second-order valence-corrected chi connectivity index (χ2v) is 5.59. The molecule has 0 spiro atoms. The van der Waals surface area contributed by atoms with Crippen LogP contribution in [0.25, 0.3) is 0 Å². The molecule has 2 atom stereocenters. The monoisotopic (exact) mass is 224 g/mol. The molecular weight excluding hydrogens is 204 g/mol. The van der Waals surface area contributed by atoms with Gasteiger partial charge in [0.1, 0.15) is 0 Å². The minimum Gasteiger partial charge on any atom is -0.393 e. The molecule has 90 valence electrons. The van der Waals surface area contributed by atoms with E-state index in [-0.39, 0.29) is 17.0 Å². The van der Waals surface area contributed by atoms with E-state index in [4.69, 9.17) is 0 Å². The summed E-state index contributed by atoms with van der Waals surface area (Å²) in [5, 5.41) is 9.68. The maximum absolute atomic E-state index is 12.1. The molecule has 0 aliphatic heterocycles. The van der Waals surface area contributed by atoms with Crippen molar-refractivity contribution in [3.05, 3.63) is 12.2 Å². The summed E-state index contributed by atoms with van der Waals surface area (Å²) in [6.45, 7) is 7.27. The molecule has 0 bridgehead atoms. The molecule has 3 nitrogen and oxygen atoms in total. The van der Waals surface area contributed by atoms with Gasteiger partial charge >= 0.3 is 0 Å². The van der Waals surface area contributed by atoms with Gasteiger partial charge in [0.25, 0.3) is 0 Å². The molecule has 0 aromatic carbocycles. The highest BCUT2D eigenvalue weighted by Crippen LogP contribution is 2.53. The maximum atomic E-state index is 12.1. The zero-order valence-corrected chi connectivity index (χ0v) is 10.4. The van der Waals surface area contributed by atoms with Gasteiger partial charge in [-0.2, -0.15) is 0 Å². The topological polar surface area (TPSA) is 54.4 Å². The smallest absolute Gasteiger partial charge is 0.162 e. The van der Waals surface area contributed by atoms with Crippen LogP contribution in [0.15, 0.2) is 12.2 Å². The van der Waals surface area contributed by atoms with Crippen molar-refractivity contribution < 1.29 is 14.7 Å². The Morgan fingerprint density at radius 3 is 2.12 bits per heavy atom. The van der Waals surface area contributed by atoms with E-state index in [1.165, 1.54) is 19.1 Å². The first-order chi connectivity index (χ1) is 7.19. The van der Waals surface area contributed by atoms with E-state index >= 15 is 0 Å². The number of aliphatic hydroxyl groups is 1. The van der Waals surface area contributed by atoms with Gasteiger partial charge in [-0.05, 0) is 37.3 Å². The lowest BCUT2D eigenvalue weighted by atomic mass is 9.66. The number of hydrogen-bond donors (Lipinski definition) is 1. The molecule has 0 heterocycles. The lowest BCUT2D eigenvalue weighted by Gasteiger charge is -2.35. The number of carbonyl (C=O) groups excluding carboxylic acids is 2. The summed E-state index contributed by atoms with van der Waals surface area (Å²) in [4.78, 5) is 22.9. The molecule has 0 aromatic heterocycles. The normalized spacial score (nSPS) is 33.2. The largest absolute Gasteiger partial charge is 0.393 e. The Labute approximate surface area is 96.5 Å². The summed E-state index contributed by atoms with van der Waals surface area (Å²) in [5.74, 6) is -0.197. The molecule has 0 unspecified atom stereocenters. The van der Waals surface area contributed by atoms with E-state index in [1.54, 1.807) is 0 Å². The summed E-state index contributed by atoms with van der Waals surface area (Å²) in [5.41, 5.74) is -0.803. The second kappa shape index (κ2) is 4.13. The molecule has 1 rings (SSSR count). The molecule has 3 heteroatoms. The Bertz CT molecular complexity index is 341. The highest BCUT2D eigenvalue weighted by Gasteiger charge is 2.52. The molecule has 0 amide bonds. The fourth-order valence-corrected chi connectivity index (χ4v) is 2.45. The Hall–Kier alpha value is -0.960. The number of rotatable bonds is 3. The van der Waals surface area contributed by atoms with Crippen LogP contribution in [0.5, 0.6) is 0 Å². The molecule has 16 heavy (non-hydrogen) atoms. The van der Waals surface area contributed by atoms with E-state index in [0.29, 0.717) is 12.8 Å². The third kappa shape index (κ3) is 2.24. The average molecular weight is 224 g/mol. The van der Waals surface area contributed by atoms with Gasteiger partial charge in [-0.25, -0.2) is 0 Å². The number of allylic oxidation sites excluding steroid dienone is 2. The predicted octanol–water partition coefficient (Wildman–Crippen LogP) is 1.89. The van der Waals surface area contributed by atoms with Gasteiger partial charge in [-0.3, -0.25) is 9.59 Å².